The summed E-state index contributed by atoms with van der Waals surface area (Å²) in [5, 5.41) is 11.1. The highest BCUT2D eigenvalue weighted by molar-refractivity contribution is 5.80. The maximum Gasteiger partial charge on any atom is 0.305 e. The van der Waals surface area contributed by atoms with Crippen LogP contribution in [0.5, 0.6) is 0 Å². The van der Waals surface area contributed by atoms with Gasteiger partial charge in [-0.05, 0) is 12.8 Å². The van der Waals surface area contributed by atoms with Crippen LogP contribution >= 0.6 is 0 Å². The van der Waals surface area contributed by atoms with E-state index >= 15 is 0 Å². The standard InChI is InChI=1S/C27H51NO6/c1-2-3-4-5-6-7-8-9-10-11-12-13-14-15-16-18-27(32)34-24-23-33-22-17-21-28-25(29)19-20-26(30)31/h2-24H2,1H3,(H,28,29)(H,30,31). The third kappa shape index (κ3) is 26.6. The predicted molar refractivity (Wildman–Crippen MR) is 136 cm³/mol. The lowest BCUT2D eigenvalue weighted by atomic mass is 10.0. The fraction of sp³-hybridized carbons (Fsp3) is 0.889. The van der Waals surface area contributed by atoms with Gasteiger partial charge in [-0.1, -0.05) is 96.8 Å². The minimum atomic E-state index is -0.979. The molecule has 0 bridgehead atoms. The fourth-order valence-corrected chi connectivity index (χ4v) is 3.74. The molecule has 0 radical (unpaired) electrons. The fourth-order valence-electron chi connectivity index (χ4n) is 3.74. The Morgan fingerprint density at radius 3 is 1.68 bits per heavy atom. The number of carbonyl (C=O) groups is 3. The van der Waals surface area contributed by atoms with Crippen molar-refractivity contribution in [2.24, 2.45) is 0 Å². The van der Waals surface area contributed by atoms with Gasteiger partial charge >= 0.3 is 11.9 Å². The van der Waals surface area contributed by atoms with Crippen molar-refractivity contribution >= 4 is 17.8 Å². The first-order chi connectivity index (χ1) is 16.6. The molecule has 0 aromatic heterocycles. The molecular weight excluding hydrogens is 434 g/mol. The van der Waals surface area contributed by atoms with Crippen LogP contribution in [0.15, 0.2) is 0 Å². The van der Waals surface area contributed by atoms with Crippen molar-refractivity contribution in [3.63, 3.8) is 0 Å². The van der Waals surface area contributed by atoms with Crippen LogP contribution in [0.25, 0.3) is 0 Å². The van der Waals surface area contributed by atoms with Crippen LogP contribution in [0.1, 0.15) is 129 Å². The highest BCUT2D eigenvalue weighted by atomic mass is 16.6. The van der Waals surface area contributed by atoms with Crippen LogP contribution in [-0.4, -0.2) is 49.3 Å². The normalized spacial score (nSPS) is 10.9. The molecule has 0 heterocycles. The van der Waals surface area contributed by atoms with Gasteiger partial charge in [0.05, 0.1) is 13.0 Å². The molecule has 0 aliphatic heterocycles. The van der Waals surface area contributed by atoms with E-state index in [1.54, 1.807) is 0 Å². The first-order valence-corrected chi connectivity index (χ1v) is 13.8. The highest BCUT2D eigenvalue weighted by Gasteiger charge is 2.05. The van der Waals surface area contributed by atoms with Crippen LogP contribution in [0, 0.1) is 0 Å². The second-order valence-corrected chi connectivity index (χ2v) is 9.13. The number of esters is 1. The smallest absolute Gasteiger partial charge is 0.305 e. The van der Waals surface area contributed by atoms with E-state index in [1.165, 1.54) is 83.5 Å². The number of rotatable bonds is 26. The molecule has 0 aliphatic rings. The van der Waals surface area contributed by atoms with Crippen LogP contribution in [0.4, 0.5) is 0 Å². The van der Waals surface area contributed by atoms with Crippen LogP contribution in [-0.2, 0) is 23.9 Å². The molecule has 0 fully saturated rings. The quantitative estimate of drug-likeness (QED) is 0.112. The van der Waals surface area contributed by atoms with Crippen molar-refractivity contribution in [2.45, 2.75) is 129 Å². The van der Waals surface area contributed by atoms with Crippen molar-refractivity contribution in [3.8, 4) is 0 Å². The van der Waals surface area contributed by atoms with E-state index in [0.717, 1.165) is 12.8 Å². The maximum absolute atomic E-state index is 11.7. The zero-order valence-electron chi connectivity index (χ0n) is 21.8. The number of amides is 1. The average Bonchev–Trinajstić information content (AvgIpc) is 2.81. The number of ether oxygens (including phenoxy) is 2. The van der Waals surface area contributed by atoms with Gasteiger partial charge in [0.2, 0.25) is 5.91 Å². The SMILES string of the molecule is CCCCCCCCCCCCCCCCCC(=O)OCCOCCCNC(=O)CCC(=O)O. The average molecular weight is 486 g/mol. The Labute approximate surface area is 207 Å². The van der Waals surface area contributed by atoms with Gasteiger partial charge in [0.25, 0.3) is 0 Å². The number of aliphatic carboxylic acids is 1. The first-order valence-electron chi connectivity index (χ1n) is 13.8. The molecule has 7 nitrogen and oxygen atoms in total. The van der Waals surface area contributed by atoms with Crippen molar-refractivity contribution in [3.05, 3.63) is 0 Å². The van der Waals surface area contributed by atoms with E-state index < -0.39 is 5.97 Å². The summed E-state index contributed by atoms with van der Waals surface area (Å²) in [4.78, 5) is 33.4. The Hall–Kier alpha value is -1.63. The molecule has 0 aromatic carbocycles. The highest BCUT2D eigenvalue weighted by Crippen LogP contribution is 2.13. The molecular formula is C27H51NO6. The second-order valence-electron chi connectivity index (χ2n) is 9.13. The summed E-state index contributed by atoms with van der Waals surface area (Å²) in [7, 11) is 0. The lowest BCUT2D eigenvalue weighted by molar-refractivity contribution is -0.145. The molecule has 0 rings (SSSR count). The molecule has 0 spiro atoms. The molecule has 34 heavy (non-hydrogen) atoms. The van der Waals surface area contributed by atoms with Crippen LogP contribution in [0.2, 0.25) is 0 Å². The largest absolute Gasteiger partial charge is 0.481 e. The van der Waals surface area contributed by atoms with E-state index in [0.29, 0.717) is 32.6 Å². The lowest BCUT2D eigenvalue weighted by Gasteiger charge is -2.07. The number of hydrogen-bond acceptors (Lipinski definition) is 5. The van der Waals surface area contributed by atoms with Gasteiger partial charge in [0.1, 0.15) is 6.61 Å². The van der Waals surface area contributed by atoms with Crippen molar-refractivity contribution < 1.29 is 29.0 Å². The zero-order valence-corrected chi connectivity index (χ0v) is 21.8. The third-order valence-corrected chi connectivity index (χ3v) is 5.83. The summed E-state index contributed by atoms with van der Waals surface area (Å²) in [6.07, 6.45) is 20.5. The minimum absolute atomic E-state index is 0.00843. The predicted octanol–water partition coefficient (Wildman–Crippen LogP) is 6.18. The molecule has 1 amide bonds. The molecule has 0 atom stereocenters. The summed E-state index contributed by atoms with van der Waals surface area (Å²) in [5.41, 5.74) is 0. The Morgan fingerprint density at radius 2 is 1.15 bits per heavy atom. The Balaban J connectivity index is 3.23. The van der Waals surface area contributed by atoms with E-state index in [4.69, 9.17) is 14.6 Å². The molecule has 7 heteroatoms. The number of nitrogens with one attached hydrogen (secondary N) is 1. The molecule has 0 unspecified atom stereocenters. The van der Waals surface area contributed by atoms with E-state index in [9.17, 15) is 14.4 Å². The molecule has 0 aromatic rings. The van der Waals surface area contributed by atoms with Gasteiger partial charge in [-0.25, -0.2) is 0 Å². The number of carboxylic acid groups (broad SMARTS) is 1. The first kappa shape index (κ1) is 32.4. The minimum Gasteiger partial charge on any atom is -0.481 e. The summed E-state index contributed by atoms with van der Waals surface area (Å²) in [6.45, 7) is 3.76. The monoisotopic (exact) mass is 485 g/mol. The van der Waals surface area contributed by atoms with Gasteiger partial charge in [0, 0.05) is 26.0 Å². The van der Waals surface area contributed by atoms with Crippen LogP contribution in [0.3, 0.4) is 0 Å². The molecule has 0 aliphatic carbocycles. The maximum atomic E-state index is 11.7. The topological polar surface area (TPSA) is 102 Å². The molecule has 2 N–H and O–H groups in total. The number of carbonyl (C=O) groups excluding carboxylic acids is 2. The molecule has 0 saturated carbocycles. The van der Waals surface area contributed by atoms with E-state index in [1.807, 2.05) is 0 Å². The van der Waals surface area contributed by atoms with E-state index in [2.05, 4.69) is 12.2 Å². The summed E-state index contributed by atoms with van der Waals surface area (Å²) >= 11 is 0. The van der Waals surface area contributed by atoms with E-state index in [-0.39, 0.29) is 31.3 Å². The van der Waals surface area contributed by atoms with Crippen LogP contribution < -0.4 is 5.32 Å². The number of unbranched alkanes of at least 4 members (excludes halogenated alkanes) is 14. The summed E-state index contributed by atoms with van der Waals surface area (Å²) in [6, 6.07) is 0. The van der Waals surface area contributed by atoms with Crippen molar-refractivity contribution in [2.75, 3.05) is 26.4 Å². The summed E-state index contributed by atoms with van der Waals surface area (Å²) < 4.78 is 10.5. The van der Waals surface area contributed by atoms with Crippen molar-refractivity contribution in [1.29, 1.82) is 0 Å². The van der Waals surface area contributed by atoms with Crippen molar-refractivity contribution in [1.82, 2.24) is 5.32 Å². The second kappa shape index (κ2) is 26.0. The summed E-state index contributed by atoms with van der Waals surface area (Å²) in [5.74, 6) is -1.41. The zero-order chi connectivity index (χ0) is 25.1. The molecule has 200 valence electrons. The third-order valence-electron chi connectivity index (χ3n) is 5.83. The number of carboxylic acids is 1. The Bertz CT molecular complexity index is 498. The van der Waals surface area contributed by atoms with Gasteiger partial charge in [0.15, 0.2) is 0 Å². The molecule has 0 saturated heterocycles. The lowest BCUT2D eigenvalue weighted by Crippen LogP contribution is -2.25. The van der Waals surface area contributed by atoms with Gasteiger partial charge in [-0.15, -0.1) is 0 Å². The van der Waals surface area contributed by atoms with Gasteiger partial charge < -0.3 is 19.9 Å². The Kier molecular flexibility index (Phi) is 24.7. The Morgan fingerprint density at radius 1 is 0.618 bits per heavy atom. The number of hydrogen-bond donors (Lipinski definition) is 2. The van der Waals surface area contributed by atoms with Gasteiger partial charge in [-0.3, -0.25) is 14.4 Å². The van der Waals surface area contributed by atoms with Gasteiger partial charge in [-0.2, -0.15) is 0 Å².